The quantitative estimate of drug-likeness (QED) is 0.818. The minimum Gasteiger partial charge on any atom is -0.478 e. The first-order chi connectivity index (χ1) is 10.1. The lowest BCUT2D eigenvalue weighted by atomic mass is 10.1. The van der Waals surface area contributed by atoms with Crippen LogP contribution < -0.4 is 5.32 Å². The molecule has 6 nitrogen and oxygen atoms in total. The van der Waals surface area contributed by atoms with Crippen molar-refractivity contribution < 1.29 is 9.90 Å². The first-order valence-electron chi connectivity index (χ1n) is 7.05. The maximum Gasteiger partial charge on any atom is 0.335 e. The zero-order valence-electron chi connectivity index (χ0n) is 12.3. The molecule has 112 valence electrons. The summed E-state index contributed by atoms with van der Waals surface area (Å²) in [5.74, 6) is -0.328. The van der Waals surface area contributed by atoms with Crippen molar-refractivity contribution in [3.05, 3.63) is 42.1 Å². The van der Waals surface area contributed by atoms with Crippen LogP contribution in [0.3, 0.4) is 0 Å². The van der Waals surface area contributed by atoms with Crippen LogP contribution in [0.4, 0.5) is 5.82 Å². The number of imidazole rings is 1. The standard InChI is InChI=1S/C15H20N4O2/c1-3-4-13-7-12(15(20)21)8-14(18-13)17-11(2)9-19-6-5-16-10-19/h5-8,10-11H,3-4,9H2,1-2H3,(H,17,18)(H,20,21). The van der Waals surface area contributed by atoms with Crippen molar-refractivity contribution in [1.29, 1.82) is 0 Å². The molecule has 0 radical (unpaired) electrons. The molecule has 2 aromatic heterocycles. The smallest absolute Gasteiger partial charge is 0.335 e. The molecule has 2 aromatic rings. The molecule has 0 aliphatic carbocycles. The summed E-state index contributed by atoms with van der Waals surface area (Å²) in [6.07, 6.45) is 7.07. The first-order valence-corrected chi connectivity index (χ1v) is 7.05. The van der Waals surface area contributed by atoms with Gasteiger partial charge in [0.1, 0.15) is 5.82 Å². The van der Waals surface area contributed by atoms with Gasteiger partial charge in [-0.25, -0.2) is 14.8 Å². The van der Waals surface area contributed by atoms with Gasteiger partial charge in [-0.1, -0.05) is 13.3 Å². The van der Waals surface area contributed by atoms with E-state index in [4.69, 9.17) is 0 Å². The second-order valence-corrected chi connectivity index (χ2v) is 5.09. The lowest BCUT2D eigenvalue weighted by Crippen LogP contribution is -2.22. The first kappa shape index (κ1) is 15.0. The van der Waals surface area contributed by atoms with E-state index in [0.29, 0.717) is 5.82 Å². The molecule has 1 atom stereocenters. The molecule has 2 heterocycles. The van der Waals surface area contributed by atoms with E-state index in [1.165, 1.54) is 0 Å². The Labute approximate surface area is 123 Å². The van der Waals surface area contributed by atoms with Crippen molar-refractivity contribution in [3.63, 3.8) is 0 Å². The van der Waals surface area contributed by atoms with E-state index in [-0.39, 0.29) is 11.6 Å². The van der Waals surface area contributed by atoms with Gasteiger partial charge in [0, 0.05) is 30.7 Å². The summed E-state index contributed by atoms with van der Waals surface area (Å²) in [6, 6.07) is 3.33. The van der Waals surface area contributed by atoms with Crippen LogP contribution in [0, 0.1) is 0 Å². The number of aromatic nitrogens is 3. The van der Waals surface area contributed by atoms with Gasteiger partial charge in [0.05, 0.1) is 11.9 Å². The molecule has 6 heteroatoms. The Morgan fingerprint density at radius 3 is 2.90 bits per heavy atom. The second-order valence-electron chi connectivity index (χ2n) is 5.09. The summed E-state index contributed by atoms with van der Waals surface area (Å²) in [4.78, 5) is 19.7. The Hall–Kier alpha value is -2.37. The van der Waals surface area contributed by atoms with Crippen LogP contribution in [0.2, 0.25) is 0 Å². The van der Waals surface area contributed by atoms with Crippen molar-refractivity contribution in [1.82, 2.24) is 14.5 Å². The fourth-order valence-electron chi connectivity index (χ4n) is 2.18. The molecule has 0 spiro atoms. The fourth-order valence-corrected chi connectivity index (χ4v) is 2.18. The average molecular weight is 288 g/mol. The molecular weight excluding hydrogens is 268 g/mol. The van der Waals surface area contributed by atoms with Crippen molar-refractivity contribution in [2.24, 2.45) is 0 Å². The molecule has 2 N–H and O–H groups in total. The molecule has 0 saturated carbocycles. The van der Waals surface area contributed by atoms with E-state index >= 15 is 0 Å². The third kappa shape index (κ3) is 4.30. The van der Waals surface area contributed by atoms with Crippen molar-refractivity contribution in [3.8, 4) is 0 Å². The third-order valence-corrected chi connectivity index (χ3v) is 3.07. The number of rotatable bonds is 7. The van der Waals surface area contributed by atoms with Gasteiger partial charge in [-0.05, 0) is 25.5 Å². The van der Waals surface area contributed by atoms with E-state index in [0.717, 1.165) is 25.1 Å². The van der Waals surface area contributed by atoms with Crippen LogP contribution >= 0.6 is 0 Å². The Balaban J connectivity index is 2.12. The van der Waals surface area contributed by atoms with Crippen LogP contribution in [-0.2, 0) is 13.0 Å². The van der Waals surface area contributed by atoms with E-state index in [2.05, 4.69) is 15.3 Å². The average Bonchev–Trinajstić information content (AvgIpc) is 2.91. The lowest BCUT2D eigenvalue weighted by molar-refractivity contribution is 0.0696. The van der Waals surface area contributed by atoms with Gasteiger partial charge in [-0.2, -0.15) is 0 Å². The normalized spacial score (nSPS) is 12.1. The maximum absolute atomic E-state index is 11.2. The molecular formula is C15H20N4O2. The molecule has 1 unspecified atom stereocenters. The number of anilines is 1. The molecule has 0 aliphatic heterocycles. The predicted octanol–water partition coefficient (Wildman–Crippen LogP) is 2.43. The fraction of sp³-hybridized carbons (Fsp3) is 0.400. The minimum atomic E-state index is -0.930. The monoisotopic (exact) mass is 288 g/mol. The Morgan fingerprint density at radius 2 is 2.29 bits per heavy atom. The molecule has 0 aromatic carbocycles. The van der Waals surface area contributed by atoms with Crippen molar-refractivity contribution in [2.45, 2.75) is 39.3 Å². The highest BCUT2D eigenvalue weighted by molar-refractivity contribution is 5.88. The number of carboxylic acids is 1. The zero-order chi connectivity index (χ0) is 15.2. The molecule has 0 fully saturated rings. The molecule has 0 bridgehead atoms. The van der Waals surface area contributed by atoms with Crippen LogP contribution in [0.1, 0.15) is 36.3 Å². The van der Waals surface area contributed by atoms with Gasteiger partial charge in [0.2, 0.25) is 0 Å². The lowest BCUT2D eigenvalue weighted by Gasteiger charge is -2.16. The van der Waals surface area contributed by atoms with Gasteiger partial charge in [-0.3, -0.25) is 0 Å². The summed E-state index contributed by atoms with van der Waals surface area (Å²) in [5.41, 5.74) is 1.07. The van der Waals surface area contributed by atoms with Crippen LogP contribution in [0.5, 0.6) is 0 Å². The largest absolute Gasteiger partial charge is 0.478 e. The number of carboxylic acid groups (broad SMARTS) is 1. The highest BCUT2D eigenvalue weighted by atomic mass is 16.4. The highest BCUT2D eigenvalue weighted by Gasteiger charge is 2.10. The van der Waals surface area contributed by atoms with E-state index in [1.54, 1.807) is 24.7 Å². The van der Waals surface area contributed by atoms with Gasteiger partial charge in [0.25, 0.3) is 0 Å². The van der Waals surface area contributed by atoms with Gasteiger partial charge in [-0.15, -0.1) is 0 Å². The van der Waals surface area contributed by atoms with Gasteiger partial charge < -0.3 is 15.0 Å². The van der Waals surface area contributed by atoms with Gasteiger partial charge >= 0.3 is 5.97 Å². The topological polar surface area (TPSA) is 80.0 Å². The van der Waals surface area contributed by atoms with Crippen LogP contribution in [0.15, 0.2) is 30.9 Å². The Kier molecular flexibility index (Phi) is 4.92. The number of aromatic carboxylic acids is 1. The SMILES string of the molecule is CCCc1cc(C(=O)O)cc(NC(C)Cn2ccnc2)n1. The van der Waals surface area contributed by atoms with Gasteiger partial charge in [0.15, 0.2) is 0 Å². The number of nitrogens with one attached hydrogen (secondary N) is 1. The molecule has 0 amide bonds. The van der Waals surface area contributed by atoms with E-state index < -0.39 is 5.97 Å². The predicted molar refractivity (Wildman–Crippen MR) is 80.5 cm³/mol. The van der Waals surface area contributed by atoms with Crippen LogP contribution in [0.25, 0.3) is 0 Å². The van der Waals surface area contributed by atoms with Crippen molar-refractivity contribution in [2.75, 3.05) is 5.32 Å². The zero-order valence-corrected chi connectivity index (χ0v) is 12.3. The third-order valence-electron chi connectivity index (χ3n) is 3.07. The van der Waals surface area contributed by atoms with Crippen LogP contribution in [-0.4, -0.2) is 31.7 Å². The number of pyridine rings is 1. The molecule has 0 saturated heterocycles. The van der Waals surface area contributed by atoms with Crippen molar-refractivity contribution >= 4 is 11.8 Å². The summed E-state index contributed by atoms with van der Waals surface area (Å²) >= 11 is 0. The number of hydrogen-bond donors (Lipinski definition) is 2. The number of nitrogens with zero attached hydrogens (tertiary/aromatic N) is 3. The molecule has 0 aliphatic rings. The summed E-state index contributed by atoms with van der Waals surface area (Å²) in [7, 11) is 0. The summed E-state index contributed by atoms with van der Waals surface area (Å²) in [5, 5.41) is 12.4. The molecule has 2 rings (SSSR count). The number of hydrogen-bond acceptors (Lipinski definition) is 4. The summed E-state index contributed by atoms with van der Waals surface area (Å²) in [6.45, 7) is 4.81. The Morgan fingerprint density at radius 1 is 1.48 bits per heavy atom. The van der Waals surface area contributed by atoms with E-state index in [1.807, 2.05) is 24.6 Å². The summed E-state index contributed by atoms with van der Waals surface area (Å²) < 4.78 is 1.96. The minimum absolute atomic E-state index is 0.116. The second kappa shape index (κ2) is 6.88. The molecule has 21 heavy (non-hydrogen) atoms. The number of aryl methyl sites for hydroxylation is 1. The van der Waals surface area contributed by atoms with E-state index in [9.17, 15) is 9.90 Å². The number of carbonyl (C=O) groups is 1. The highest BCUT2D eigenvalue weighted by Crippen LogP contribution is 2.14. The Bertz CT molecular complexity index is 596. The maximum atomic E-state index is 11.2.